The van der Waals surface area contributed by atoms with Gasteiger partial charge in [0.15, 0.2) is 12.0 Å². The highest BCUT2D eigenvalue weighted by Crippen LogP contribution is 2.31. The summed E-state index contributed by atoms with van der Waals surface area (Å²) >= 11 is 0. The monoisotopic (exact) mass is 372 g/mol. The number of Topliss-reactive ketones (excluding diaryl/α,β-unsaturated/α-hetero) is 1. The van der Waals surface area contributed by atoms with Crippen molar-refractivity contribution in [3.05, 3.63) is 96.8 Å². The lowest BCUT2D eigenvalue weighted by molar-refractivity contribution is 0.101. The second-order valence-electron chi connectivity index (χ2n) is 6.48. The summed E-state index contributed by atoms with van der Waals surface area (Å²) in [6.45, 7) is 1.57. The zero-order chi connectivity index (χ0) is 19.3. The minimum atomic E-state index is 0.0554. The van der Waals surface area contributed by atoms with Crippen LogP contribution in [0.1, 0.15) is 30.1 Å². The summed E-state index contributed by atoms with van der Waals surface area (Å²) in [6, 6.07) is 11.5. The molecule has 0 radical (unpaired) electrons. The van der Waals surface area contributed by atoms with Crippen molar-refractivity contribution in [3.8, 4) is 11.1 Å². The molecule has 28 heavy (non-hydrogen) atoms. The summed E-state index contributed by atoms with van der Waals surface area (Å²) in [5, 5.41) is 0. The molecule has 5 nitrogen and oxygen atoms in total. The Hall–Kier alpha value is -3.60. The predicted molar refractivity (Wildman–Crippen MR) is 108 cm³/mol. The number of rotatable bonds is 5. The van der Waals surface area contributed by atoms with Crippen molar-refractivity contribution in [1.29, 1.82) is 0 Å². The van der Waals surface area contributed by atoms with E-state index in [0.717, 1.165) is 35.5 Å². The van der Waals surface area contributed by atoms with Crippen LogP contribution in [0, 0.1) is 0 Å². The number of hydrogen-bond donors (Lipinski definition) is 0. The number of ether oxygens (including phenoxy) is 2. The van der Waals surface area contributed by atoms with E-state index in [2.05, 4.69) is 17.1 Å². The fourth-order valence-corrected chi connectivity index (χ4v) is 3.16. The molecule has 2 heterocycles. The van der Waals surface area contributed by atoms with Crippen molar-refractivity contribution in [1.82, 2.24) is 4.98 Å². The van der Waals surface area contributed by atoms with Gasteiger partial charge in [-0.1, -0.05) is 36.4 Å². The van der Waals surface area contributed by atoms with E-state index in [1.807, 2.05) is 47.4 Å². The molecule has 0 saturated carbocycles. The van der Waals surface area contributed by atoms with Crippen LogP contribution in [0.3, 0.4) is 0 Å². The largest absolute Gasteiger partial charge is 0.464 e. The molecule has 4 rings (SSSR count). The van der Waals surface area contributed by atoms with E-state index in [-0.39, 0.29) is 5.78 Å². The summed E-state index contributed by atoms with van der Waals surface area (Å²) in [5.41, 5.74) is 3.79. The van der Waals surface area contributed by atoms with Gasteiger partial charge < -0.3 is 9.47 Å². The SMILES string of the molecule is CC(=O)c1ccc(-c2ccnc(N(C3=CC=CCC3)C3=COC=CO3)c2)cc1. The van der Waals surface area contributed by atoms with Gasteiger partial charge in [0.05, 0.1) is 0 Å². The van der Waals surface area contributed by atoms with E-state index in [9.17, 15) is 4.79 Å². The maximum atomic E-state index is 11.5. The van der Waals surface area contributed by atoms with Gasteiger partial charge in [0.25, 0.3) is 0 Å². The smallest absolute Gasteiger partial charge is 0.241 e. The third-order valence-electron chi connectivity index (χ3n) is 4.59. The summed E-state index contributed by atoms with van der Waals surface area (Å²) in [7, 11) is 0. The minimum Gasteiger partial charge on any atom is -0.464 e. The van der Waals surface area contributed by atoms with E-state index >= 15 is 0 Å². The molecule has 0 N–H and O–H groups in total. The highest BCUT2D eigenvalue weighted by molar-refractivity contribution is 5.94. The third kappa shape index (κ3) is 3.74. The van der Waals surface area contributed by atoms with Crippen LogP contribution in [0.25, 0.3) is 11.1 Å². The average molecular weight is 372 g/mol. The molecule has 5 heteroatoms. The first kappa shape index (κ1) is 17.8. The minimum absolute atomic E-state index is 0.0554. The topological polar surface area (TPSA) is 51.7 Å². The fourth-order valence-electron chi connectivity index (χ4n) is 3.16. The number of carbonyl (C=O) groups excluding carboxylic acids is 1. The van der Waals surface area contributed by atoms with Gasteiger partial charge in [0, 0.05) is 17.5 Å². The highest BCUT2D eigenvalue weighted by atomic mass is 16.5. The van der Waals surface area contributed by atoms with Crippen molar-refractivity contribution >= 4 is 11.6 Å². The molecule has 0 unspecified atom stereocenters. The van der Waals surface area contributed by atoms with Gasteiger partial charge in [-0.15, -0.1) is 0 Å². The number of allylic oxidation sites excluding steroid dienone is 4. The number of anilines is 1. The van der Waals surface area contributed by atoms with Gasteiger partial charge in [-0.25, -0.2) is 4.98 Å². The maximum Gasteiger partial charge on any atom is 0.241 e. The Kier molecular flexibility index (Phi) is 5.06. The van der Waals surface area contributed by atoms with Gasteiger partial charge in [0.2, 0.25) is 5.88 Å². The van der Waals surface area contributed by atoms with Crippen molar-refractivity contribution in [2.75, 3.05) is 4.90 Å². The number of nitrogens with zero attached hydrogens (tertiary/aromatic N) is 2. The molecule has 0 spiro atoms. The quantitative estimate of drug-likeness (QED) is 0.666. The summed E-state index contributed by atoms with van der Waals surface area (Å²) < 4.78 is 11.0. The van der Waals surface area contributed by atoms with Crippen LogP contribution in [-0.2, 0) is 9.47 Å². The van der Waals surface area contributed by atoms with E-state index in [0.29, 0.717) is 11.4 Å². The zero-order valence-electron chi connectivity index (χ0n) is 15.5. The molecule has 0 atom stereocenters. The number of ketones is 1. The Labute approximate surface area is 163 Å². The fraction of sp³-hybridized carbons (Fsp3) is 0.130. The molecule has 140 valence electrons. The lowest BCUT2D eigenvalue weighted by Crippen LogP contribution is -2.25. The molecular formula is C23H20N2O3. The summed E-state index contributed by atoms with van der Waals surface area (Å²) in [5.74, 6) is 1.35. The van der Waals surface area contributed by atoms with Gasteiger partial charge in [0.1, 0.15) is 18.3 Å². The first-order chi connectivity index (χ1) is 13.7. The molecule has 0 amide bonds. The van der Waals surface area contributed by atoms with Gasteiger partial charge >= 0.3 is 0 Å². The lowest BCUT2D eigenvalue weighted by Gasteiger charge is -2.29. The number of hydrogen-bond acceptors (Lipinski definition) is 5. The predicted octanol–water partition coefficient (Wildman–Crippen LogP) is 5.31. The molecule has 0 bridgehead atoms. The third-order valence-corrected chi connectivity index (χ3v) is 4.59. The standard InChI is InChI=1S/C23H20N2O3/c1-17(26)18-7-9-19(10-8-18)20-11-12-24-22(15-20)25(21-5-3-2-4-6-21)23-16-27-13-14-28-23/h2-3,5,7-16H,4,6H2,1H3. The number of pyridine rings is 1. The molecule has 0 saturated heterocycles. The first-order valence-electron chi connectivity index (χ1n) is 9.13. The molecule has 1 aromatic carbocycles. The summed E-state index contributed by atoms with van der Waals surface area (Å²) in [4.78, 5) is 18.0. The summed E-state index contributed by atoms with van der Waals surface area (Å²) in [6.07, 6.45) is 14.4. The molecule has 2 aromatic rings. The van der Waals surface area contributed by atoms with Crippen LogP contribution in [0.2, 0.25) is 0 Å². The van der Waals surface area contributed by atoms with E-state index in [1.165, 1.54) is 12.5 Å². The van der Waals surface area contributed by atoms with Crippen LogP contribution in [-0.4, -0.2) is 10.8 Å². The highest BCUT2D eigenvalue weighted by Gasteiger charge is 2.22. The van der Waals surface area contributed by atoms with Crippen LogP contribution < -0.4 is 4.90 Å². The first-order valence-corrected chi connectivity index (χ1v) is 9.13. The van der Waals surface area contributed by atoms with Gasteiger partial charge in [-0.3, -0.25) is 9.69 Å². The van der Waals surface area contributed by atoms with Crippen molar-refractivity contribution in [2.24, 2.45) is 0 Å². The van der Waals surface area contributed by atoms with E-state index < -0.39 is 0 Å². The normalized spacial score (nSPS) is 15.2. The van der Waals surface area contributed by atoms with Crippen LogP contribution >= 0.6 is 0 Å². The molecular weight excluding hydrogens is 352 g/mol. The Bertz CT molecular complexity index is 1000. The molecule has 2 aliphatic rings. The molecule has 1 aromatic heterocycles. The lowest BCUT2D eigenvalue weighted by atomic mass is 10.0. The molecule has 1 aliphatic heterocycles. The van der Waals surface area contributed by atoms with Crippen LogP contribution in [0.5, 0.6) is 0 Å². The Morgan fingerprint density at radius 2 is 1.96 bits per heavy atom. The Morgan fingerprint density at radius 1 is 1.11 bits per heavy atom. The zero-order valence-corrected chi connectivity index (χ0v) is 15.5. The number of carbonyl (C=O) groups is 1. The van der Waals surface area contributed by atoms with Crippen molar-refractivity contribution in [2.45, 2.75) is 19.8 Å². The molecule has 1 aliphatic carbocycles. The average Bonchev–Trinajstić information content (AvgIpc) is 2.76. The van der Waals surface area contributed by atoms with Crippen LogP contribution in [0.15, 0.2) is 91.2 Å². The maximum absolute atomic E-state index is 11.5. The number of aromatic nitrogens is 1. The van der Waals surface area contributed by atoms with E-state index in [1.54, 1.807) is 19.4 Å². The van der Waals surface area contributed by atoms with Crippen LogP contribution in [0.4, 0.5) is 5.82 Å². The Morgan fingerprint density at radius 3 is 2.64 bits per heavy atom. The van der Waals surface area contributed by atoms with E-state index in [4.69, 9.17) is 9.47 Å². The van der Waals surface area contributed by atoms with Crippen molar-refractivity contribution < 1.29 is 14.3 Å². The van der Waals surface area contributed by atoms with Gasteiger partial charge in [-0.2, -0.15) is 0 Å². The second-order valence-corrected chi connectivity index (χ2v) is 6.48. The second kappa shape index (κ2) is 7.96. The molecule has 0 fully saturated rings. The van der Waals surface area contributed by atoms with Crippen molar-refractivity contribution in [3.63, 3.8) is 0 Å². The number of benzene rings is 1. The van der Waals surface area contributed by atoms with Gasteiger partial charge in [-0.05, 0) is 49.1 Å². The Balaban J connectivity index is 1.72.